The highest BCUT2D eigenvalue weighted by Crippen LogP contribution is 2.25. The third kappa shape index (κ3) is 8.32. The van der Waals surface area contributed by atoms with E-state index in [4.69, 9.17) is 4.74 Å². The van der Waals surface area contributed by atoms with E-state index in [1.807, 2.05) is 19.1 Å². The first kappa shape index (κ1) is 22.4. The number of nitrogens with zero attached hydrogens (tertiary/aromatic N) is 1. The molecule has 0 aliphatic carbocycles. The summed E-state index contributed by atoms with van der Waals surface area (Å²) in [6.07, 6.45) is 4.88. The van der Waals surface area contributed by atoms with Crippen LogP contribution in [0.5, 0.6) is 11.5 Å². The van der Waals surface area contributed by atoms with Crippen molar-refractivity contribution < 1.29 is 18.3 Å². The van der Waals surface area contributed by atoms with Gasteiger partial charge in [0.2, 0.25) is 0 Å². The van der Waals surface area contributed by atoms with E-state index in [2.05, 4.69) is 20.4 Å². The molecule has 8 heteroatoms. The fraction of sp³-hybridized carbons (Fsp3) is 0.438. The van der Waals surface area contributed by atoms with Crippen LogP contribution in [0.3, 0.4) is 0 Å². The largest absolute Gasteiger partial charge is 0.497 e. The summed E-state index contributed by atoms with van der Waals surface area (Å²) in [5.74, 6) is 1.26. The van der Waals surface area contributed by atoms with E-state index < -0.39 is 6.61 Å². The summed E-state index contributed by atoms with van der Waals surface area (Å²) in [5, 5.41) is 6.19. The fourth-order valence-electron chi connectivity index (χ4n) is 1.87. The van der Waals surface area contributed by atoms with Gasteiger partial charge in [0, 0.05) is 25.7 Å². The molecule has 0 unspecified atom stereocenters. The molecule has 0 radical (unpaired) electrons. The number of allylic oxidation sites excluding steroid dienone is 1. The molecule has 0 aliphatic heterocycles. The van der Waals surface area contributed by atoms with Crippen molar-refractivity contribution in [3.8, 4) is 11.5 Å². The second-order valence-electron chi connectivity index (χ2n) is 4.56. The average molecular weight is 455 g/mol. The number of hydrogen-bond acceptors (Lipinski definition) is 3. The van der Waals surface area contributed by atoms with E-state index >= 15 is 0 Å². The van der Waals surface area contributed by atoms with Gasteiger partial charge in [-0.25, -0.2) is 0 Å². The zero-order valence-electron chi connectivity index (χ0n) is 14.0. The van der Waals surface area contributed by atoms with Crippen molar-refractivity contribution >= 4 is 29.9 Å². The number of ether oxygens (including phenoxy) is 2. The number of hydrogen-bond donors (Lipinski definition) is 2. The van der Waals surface area contributed by atoms with Gasteiger partial charge in [-0.1, -0.05) is 12.2 Å². The standard InChI is InChI=1S/C16H23F2N3O2.HI/c1-4-5-6-9-20-16(19-2)21-11-12-10-13(22-3)7-8-14(12)23-15(17)18;/h4-5,7-8,10,15H,6,9,11H2,1-3H3,(H2,19,20,21);1H/b5-4+;. The average Bonchev–Trinajstić information content (AvgIpc) is 2.54. The Morgan fingerprint density at radius 1 is 1.33 bits per heavy atom. The molecule has 0 saturated heterocycles. The normalized spacial score (nSPS) is 11.3. The topological polar surface area (TPSA) is 54.9 Å². The quantitative estimate of drug-likeness (QED) is 0.207. The van der Waals surface area contributed by atoms with Gasteiger partial charge < -0.3 is 20.1 Å². The molecule has 0 heterocycles. The van der Waals surface area contributed by atoms with Crippen molar-refractivity contribution in [2.75, 3.05) is 20.7 Å². The second-order valence-corrected chi connectivity index (χ2v) is 4.56. The summed E-state index contributed by atoms with van der Waals surface area (Å²) in [6.45, 7) is 0.0891. The number of nitrogens with one attached hydrogen (secondary N) is 2. The lowest BCUT2D eigenvalue weighted by molar-refractivity contribution is -0.0504. The molecule has 0 fully saturated rings. The molecule has 0 saturated carbocycles. The molecule has 0 aromatic heterocycles. The van der Waals surface area contributed by atoms with E-state index in [1.165, 1.54) is 13.2 Å². The number of benzene rings is 1. The van der Waals surface area contributed by atoms with E-state index in [1.54, 1.807) is 19.2 Å². The van der Waals surface area contributed by atoms with Gasteiger partial charge in [-0.2, -0.15) is 8.78 Å². The Bertz CT molecular complexity index is 540. The Morgan fingerprint density at radius 2 is 2.08 bits per heavy atom. The third-order valence-electron chi connectivity index (χ3n) is 2.99. The van der Waals surface area contributed by atoms with Crippen molar-refractivity contribution in [2.24, 2.45) is 4.99 Å². The summed E-state index contributed by atoms with van der Waals surface area (Å²) >= 11 is 0. The van der Waals surface area contributed by atoms with Crippen LogP contribution < -0.4 is 20.1 Å². The number of halogens is 3. The Balaban J connectivity index is 0.00000529. The minimum absolute atomic E-state index is 0. The monoisotopic (exact) mass is 455 g/mol. The highest BCUT2D eigenvalue weighted by molar-refractivity contribution is 14.0. The Hall–Kier alpha value is -1.58. The van der Waals surface area contributed by atoms with E-state index in [9.17, 15) is 8.78 Å². The van der Waals surface area contributed by atoms with E-state index in [0.717, 1.165) is 13.0 Å². The smallest absolute Gasteiger partial charge is 0.387 e. The molecule has 1 rings (SSSR count). The van der Waals surface area contributed by atoms with Crippen LogP contribution in [0.1, 0.15) is 18.9 Å². The fourth-order valence-corrected chi connectivity index (χ4v) is 1.87. The van der Waals surface area contributed by atoms with Gasteiger partial charge in [0.05, 0.1) is 7.11 Å². The molecular weight excluding hydrogens is 431 g/mol. The first-order valence-electron chi connectivity index (χ1n) is 7.28. The van der Waals surface area contributed by atoms with Crippen LogP contribution in [-0.4, -0.2) is 33.3 Å². The highest BCUT2D eigenvalue weighted by atomic mass is 127. The van der Waals surface area contributed by atoms with E-state index in [0.29, 0.717) is 17.3 Å². The van der Waals surface area contributed by atoms with Crippen molar-refractivity contribution in [1.82, 2.24) is 10.6 Å². The third-order valence-corrected chi connectivity index (χ3v) is 2.99. The minimum atomic E-state index is -2.87. The lowest BCUT2D eigenvalue weighted by atomic mass is 10.2. The number of guanidine groups is 1. The van der Waals surface area contributed by atoms with E-state index in [-0.39, 0.29) is 36.3 Å². The molecule has 0 aliphatic rings. The maximum absolute atomic E-state index is 12.5. The Morgan fingerprint density at radius 3 is 2.67 bits per heavy atom. The molecule has 0 spiro atoms. The molecular formula is C16H24F2IN3O2. The lowest BCUT2D eigenvalue weighted by Crippen LogP contribution is -2.37. The number of methoxy groups -OCH3 is 1. The first-order chi connectivity index (χ1) is 11.1. The van der Waals surface area contributed by atoms with Gasteiger partial charge in [0.25, 0.3) is 0 Å². The van der Waals surface area contributed by atoms with Crippen LogP contribution in [0, 0.1) is 0 Å². The molecule has 0 amide bonds. The molecule has 136 valence electrons. The Labute approximate surface area is 158 Å². The van der Waals surface area contributed by atoms with Gasteiger partial charge in [-0.05, 0) is 31.5 Å². The molecule has 2 N–H and O–H groups in total. The minimum Gasteiger partial charge on any atom is -0.497 e. The SMILES string of the molecule is C/C=C/CCNC(=NC)NCc1cc(OC)ccc1OC(F)F.I. The summed E-state index contributed by atoms with van der Waals surface area (Å²) in [5.41, 5.74) is 0.557. The predicted octanol–water partition coefficient (Wildman–Crippen LogP) is 3.55. The zero-order chi connectivity index (χ0) is 17.1. The van der Waals surface area contributed by atoms with Crippen molar-refractivity contribution in [3.05, 3.63) is 35.9 Å². The van der Waals surface area contributed by atoms with Crippen LogP contribution in [0.25, 0.3) is 0 Å². The maximum Gasteiger partial charge on any atom is 0.387 e. The number of alkyl halides is 2. The number of aliphatic imine (C=N–C) groups is 1. The molecule has 0 bridgehead atoms. The van der Waals surface area contributed by atoms with Gasteiger partial charge >= 0.3 is 6.61 Å². The summed E-state index contributed by atoms with van der Waals surface area (Å²) in [6, 6.07) is 4.69. The maximum atomic E-state index is 12.5. The summed E-state index contributed by atoms with van der Waals surface area (Å²) in [7, 11) is 3.16. The predicted molar refractivity (Wildman–Crippen MR) is 103 cm³/mol. The summed E-state index contributed by atoms with van der Waals surface area (Å²) < 4.78 is 34.6. The van der Waals surface area contributed by atoms with Gasteiger partial charge in [-0.3, -0.25) is 4.99 Å². The number of rotatable bonds is 8. The second kappa shape index (κ2) is 12.8. The zero-order valence-corrected chi connectivity index (χ0v) is 16.3. The van der Waals surface area contributed by atoms with Crippen molar-refractivity contribution in [3.63, 3.8) is 0 Å². The lowest BCUT2D eigenvalue weighted by Gasteiger charge is -2.15. The Kier molecular flexibility index (Phi) is 12.0. The van der Waals surface area contributed by atoms with Crippen LogP contribution in [0.15, 0.2) is 35.3 Å². The molecule has 1 aromatic carbocycles. The molecule has 24 heavy (non-hydrogen) atoms. The van der Waals surface area contributed by atoms with Crippen LogP contribution in [-0.2, 0) is 6.54 Å². The van der Waals surface area contributed by atoms with Gasteiger partial charge in [0.15, 0.2) is 5.96 Å². The summed E-state index contributed by atoms with van der Waals surface area (Å²) in [4.78, 5) is 4.08. The molecule has 0 atom stereocenters. The molecule has 5 nitrogen and oxygen atoms in total. The van der Waals surface area contributed by atoms with Crippen molar-refractivity contribution in [1.29, 1.82) is 0 Å². The van der Waals surface area contributed by atoms with Crippen LogP contribution in [0.4, 0.5) is 8.78 Å². The van der Waals surface area contributed by atoms with Crippen LogP contribution >= 0.6 is 24.0 Å². The van der Waals surface area contributed by atoms with Gasteiger partial charge in [-0.15, -0.1) is 24.0 Å². The highest BCUT2D eigenvalue weighted by Gasteiger charge is 2.11. The first-order valence-corrected chi connectivity index (χ1v) is 7.28. The van der Waals surface area contributed by atoms with Crippen molar-refractivity contribution in [2.45, 2.75) is 26.5 Å². The van der Waals surface area contributed by atoms with Crippen LogP contribution in [0.2, 0.25) is 0 Å². The van der Waals surface area contributed by atoms with Gasteiger partial charge in [0.1, 0.15) is 11.5 Å². The molecule has 1 aromatic rings.